The van der Waals surface area contributed by atoms with E-state index in [1.54, 1.807) is 31.4 Å². The first kappa shape index (κ1) is 35.0. The lowest BCUT2D eigenvalue weighted by atomic mass is 10.0. The Bertz CT molecular complexity index is 1740. The minimum atomic E-state index is -6.00. The molecule has 238 valence electrons. The molecule has 13 heteroatoms. The number of ketones is 1. The third-order valence-electron chi connectivity index (χ3n) is 6.23. The minimum Gasteiger partial charge on any atom is -0.497 e. The molecule has 0 amide bonds. The number of hydrogen-bond acceptors (Lipinski definition) is 3. The first-order valence-electron chi connectivity index (χ1n) is 13.3. The number of carbonyl (C=O) groups excluding carboxylic acids is 1. The Morgan fingerprint density at radius 1 is 0.717 bits per heavy atom. The Labute approximate surface area is 273 Å². The molecule has 0 N–H and O–H groups in total. The molecule has 5 rings (SSSR count). The van der Waals surface area contributed by atoms with E-state index in [0.29, 0.717) is 21.9 Å². The van der Waals surface area contributed by atoms with Crippen LogP contribution in [0.1, 0.15) is 21.5 Å². The van der Waals surface area contributed by atoms with Crippen LogP contribution in [0.15, 0.2) is 146 Å². The van der Waals surface area contributed by atoms with Gasteiger partial charge in [-0.1, -0.05) is 53.7 Å². The van der Waals surface area contributed by atoms with Gasteiger partial charge in [0.15, 0.2) is 20.5 Å². The highest BCUT2D eigenvalue weighted by atomic mass is 35.5. The van der Waals surface area contributed by atoms with Gasteiger partial charge in [-0.05, 0) is 91.0 Å². The number of methoxy groups -OCH3 is 1. The van der Waals surface area contributed by atoms with Gasteiger partial charge in [-0.15, -0.1) is 0 Å². The average Bonchev–Trinajstić information content (AvgIpc) is 3.02. The molecular weight excluding hydrogens is 672 g/mol. The number of rotatable bonds is 8. The highest BCUT2D eigenvalue weighted by Gasteiger charge is 2.33. The van der Waals surface area contributed by atoms with Crippen molar-refractivity contribution in [3.05, 3.63) is 143 Å². The van der Waals surface area contributed by atoms with Crippen molar-refractivity contribution in [2.24, 2.45) is 0 Å². The van der Waals surface area contributed by atoms with Crippen molar-refractivity contribution in [2.45, 2.75) is 30.7 Å². The molecule has 5 aromatic carbocycles. The zero-order valence-corrected chi connectivity index (χ0v) is 26.2. The third kappa shape index (κ3) is 9.82. The Hall–Kier alpha value is -3.87. The number of halogens is 8. The maximum Gasteiger partial charge on any atom is 0.673 e. The molecule has 46 heavy (non-hydrogen) atoms. The van der Waals surface area contributed by atoms with E-state index in [2.05, 4.69) is 0 Å². The summed E-state index contributed by atoms with van der Waals surface area (Å²) >= 11 is 7.87. The van der Waals surface area contributed by atoms with E-state index >= 15 is 0 Å². The number of hydrogen-bond donors (Lipinski definition) is 0. The standard InChI is InChI=1S/C33H23ClF3O2S2.BF4/c1-39-24-9-16-28(17-10-24)41(27-14-7-23(8-15-27)33(35,36)37)29-18-11-25(12-19-29)40-26-13-20-31(34)30(21-26)32(38)22-5-3-2-4-6-22;2-1(3,4)5/h2-21H,1H3;/q+1;-1. The normalized spacial score (nSPS) is 12.1. The van der Waals surface area contributed by atoms with Crippen LogP contribution in [0.2, 0.25) is 5.02 Å². The summed E-state index contributed by atoms with van der Waals surface area (Å²) in [6, 6.07) is 35.2. The summed E-state index contributed by atoms with van der Waals surface area (Å²) in [6.07, 6.45) is -4.40. The molecule has 0 heterocycles. The van der Waals surface area contributed by atoms with E-state index in [1.165, 1.54) is 23.9 Å². The van der Waals surface area contributed by atoms with Crippen LogP contribution in [-0.4, -0.2) is 20.1 Å². The summed E-state index contributed by atoms with van der Waals surface area (Å²) in [7, 11) is -5.06. The average molecular weight is 695 g/mol. The van der Waals surface area contributed by atoms with Crippen LogP contribution in [0, 0.1) is 0 Å². The zero-order valence-electron chi connectivity index (χ0n) is 23.8. The third-order valence-corrected chi connectivity index (χ3v) is 9.78. The van der Waals surface area contributed by atoms with Crippen LogP contribution in [0.3, 0.4) is 0 Å². The number of alkyl halides is 3. The Morgan fingerprint density at radius 3 is 1.70 bits per heavy atom. The predicted octanol–water partition coefficient (Wildman–Crippen LogP) is 11.1. The topological polar surface area (TPSA) is 26.3 Å². The van der Waals surface area contributed by atoms with Crippen LogP contribution in [0.25, 0.3) is 0 Å². The molecule has 2 nitrogen and oxygen atoms in total. The summed E-state index contributed by atoms with van der Waals surface area (Å²) in [5, 5.41) is 0.388. The molecule has 0 aliphatic carbocycles. The first-order valence-corrected chi connectivity index (χ1v) is 15.7. The number of benzene rings is 5. The Balaban J connectivity index is 0.000000892. The second-order valence-electron chi connectivity index (χ2n) is 9.41. The monoisotopic (exact) mass is 694 g/mol. The van der Waals surface area contributed by atoms with Gasteiger partial charge in [0.2, 0.25) is 0 Å². The SMILES string of the molecule is COc1ccc([S+](c2ccc(Sc3ccc(Cl)c(C(=O)c4ccccc4)c3)cc2)c2ccc(C(F)(F)F)cc2)cc1.F[B-](F)(F)F. The van der Waals surface area contributed by atoms with Crippen LogP contribution in [-0.2, 0) is 17.1 Å². The number of carbonyl (C=O) groups is 1. The zero-order chi connectivity index (χ0) is 33.5. The van der Waals surface area contributed by atoms with Gasteiger partial charge in [-0.25, -0.2) is 0 Å². The molecule has 5 aromatic rings. The molecule has 0 aromatic heterocycles. The van der Waals surface area contributed by atoms with Crippen molar-refractivity contribution in [1.82, 2.24) is 0 Å². The van der Waals surface area contributed by atoms with E-state index in [1.807, 2.05) is 72.8 Å². The van der Waals surface area contributed by atoms with Gasteiger partial charge in [-0.3, -0.25) is 4.79 Å². The lowest BCUT2D eigenvalue weighted by Gasteiger charge is -2.11. The Kier molecular flexibility index (Phi) is 11.5. The maximum absolute atomic E-state index is 13.2. The van der Waals surface area contributed by atoms with Gasteiger partial charge in [0, 0.05) is 20.9 Å². The maximum atomic E-state index is 13.2. The van der Waals surface area contributed by atoms with E-state index in [4.69, 9.17) is 16.3 Å². The summed E-state index contributed by atoms with van der Waals surface area (Å²) in [6.45, 7) is 0. The molecule has 0 saturated carbocycles. The van der Waals surface area contributed by atoms with Gasteiger partial charge in [0.1, 0.15) is 5.75 Å². The van der Waals surface area contributed by atoms with Crippen molar-refractivity contribution in [3.63, 3.8) is 0 Å². The van der Waals surface area contributed by atoms with Crippen molar-refractivity contribution in [3.8, 4) is 5.75 Å². The molecule has 1 unspecified atom stereocenters. The lowest BCUT2D eigenvalue weighted by Crippen LogP contribution is -2.08. The highest BCUT2D eigenvalue weighted by Crippen LogP contribution is 2.37. The van der Waals surface area contributed by atoms with Crippen molar-refractivity contribution < 1.29 is 40.0 Å². The molecule has 0 bridgehead atoms. The van der Waals surface area contributed by atoms with Gasteiger partial charge < -0.3 is 22.0 Å². The van der Waals surface area contributed by atoms with Crippen molar-refractivity contribution >= 4 is 47.3 Å². The highest BCUT2D eigenvalue weighted by molar-refractivity contribution is 7.99. The van der Waals surface area contributed by atoms with Crippen molar-refractivity contribution in [1.29, 1.82) is 0 Å². The second-order valence-corrected chi connectivity index (χ2v) is 13.0. The molecular formula is C33H23BClF7O2S2. The van der Waals surface area contributed by atoms with Crippen LogP contribution < -0.4 is 4.74 Å². The van der Waals surface area contributed by atoms with Gasteiger partial charge in [0.25, 0.3) is 0 Å². The number of ether oxygens (including phenoxy) is 1. The molecule has 0 spiro atoms. The van der Waals surface area contributed by atoms with Gasteiger partial charge in [-0.2, -0.15) is 13.2 Å². The van der Waals surface area contributed by atoms with E-state index in [0.717, 1.165) is 36.6 Å². The molecule has 1 atom stereocenters. The summed E-state index contributed by atoms with van der Waals surface area (Å²) in [5.74, 6) is 0.554. The predicted molar refractivity (Wildman–Crippen MR) is 169 cm³/mol. The van der Waals surface area contributed by atoms with E-state index < -0.39 is 29.9 Å². The molecule has 0 fully saturated rings. The quantitative estimate of drug-likeness (QED) is 0.0700. The molecule has 0 aliphatic heterocycles. The fourth-order valence-corrected chi connectivity index (χ4v) is 7.27. The van der Waals surface area contributed by atoms with E-state index in [-0.39, 0.29) is 5.78 Å². The first-order chi connectivity index (χ1) is 21.7. The van der Waals surface area contributed by atoms with Crippen molar-refractivity contribution in [2.75, 3.05) is 7.11 Å². The molecule has 0 aliphatic rings. The van der Waals surface area contributed by atoms with Gasteiger partial charge in [0.05, 0.1) is 28.6 Å². The van der Waals surface area contributed by atoms with Gasteiger partial charge >= 0.3 is 13.4 Å². The van der Waals surface area contributed by atoms with E-state index in [9.17, 15) is 35.2 Å². The second kappa shape index (κ2) is 15.1. The van der Waals surface area contributed by atoms with Crippen LogP contribution in [0.4, 0.5) is 30.4 Å². The smallest absolute Gasteiger partial charge is 0.497 e. The molecule has 0 saturated heterocycles. The summed E-state index contributed by atoms with van der Waals surface area (Å²) in [4.78, 5) is 17.5. The fourth-order valence-electron chi connectivity index (χ4n) is 4.17. The largest absolute Gasteiger partial charge is 0.673 e. The summed E-state index contributed by atoms with van der Waals surface area (Å²) < 4.78 is 83.9. The Morgan fingerprint density at radius 2 is 1.20 bits per heavy atom. The van der Waals surface area contributed by atoms with Crippen LogP contribution >= 0.6 is 23.4 Å². The fraction of sp³-hybridized carbons (Fsp3) is 0.0606. The van der Waals surface area contributed by atoms with Crippen LogP contribution in [0.5, 0.6) is 5.75 Å². The lowest BCUT2D eigenvalue weighted by molar-refractivity contribution is -0.137. The minimum absolute atomic E-state index is 0.145. The molecule has 0 radical (unpaired) electrons. The summed E-state index contributed by atoms with van der Waals surface area (Å²) in [5.41, 5.74) is 0.317.